The van der Waals surface area contributed by atoms with Gasteiger partial charge in [0.05, 0.1) is 17.3 Å². The molecule has 3 heterocycles. The van der Waals surface area contributed by atoms with Gasteiger partial charge in [0.2, 0.25) is 0 Å². The van der Waals surface area contributed by atoms with Gasteiger partial charge < -0.3 is 20.9 Å². The van der Waals surface area contributed by atoms with Gasteiger partial charge in [-0.1, -0.05) is 0 Å². The van der Waals surface area contributed by atoms with E-state index in [1.54, 1.807) is 12.3 Å². The lowest BCUT2D eigenvalue weighted by Crippen LogP contribution is -2.52. The second-order valence-corrected chi connectivity index (χ2v) is 4.69. The summed E-state index contributed by atoms with van der Waals surface area (Å²) in [5.41, 5.74) is 6.82. The van der Waals surface area contributed by atoms with Gasteiger partial charge in [-0.15, -0.1) is 0 Å². The average molecular weight is 258 g/mol. The number of nitriles is 1. The molecule has 1 atom stereocenters. The van der Waals surface area contributed by atoms with Crippen LogP contribution in [0, 0.1) is 11.3 Å². The lowest BCUT2D eigenvalue weighted by Gasteiger charge is -2.37. The second-order valence-electron chi connectivity index (χ2n) is 4.69. The number of hydrogen-bond donors (Lipinski definition) is 2. The van der Waals surface area contributed by atoms with Crippen molar-refractivity contribution in [2.45, 2.75) is 6.04 Å². The van der Waals surface area contributed by atoms with Crippen LogP contribution in [0.1, 0.15) is 5.56 Å². The van der Waals surface area contributed by atoms with Crippen molar-refractivity contribution in [2.75, 3.05) is 36.8 Å². The van der Waals surface area contributed by atoms with E-state index in [9.17, 15) is 4.79 Å². The Morgan fingerprint density at radius 2 is 2.37 bits per heavy atom. The molecule has 2 aliphatic heterocycles. The molecule has 0 spiro atoms. The van der Waals surface area contributed by atoms with Gasteiger partial charge in [0.15, 0.2) is 5.82 Å². The molecule has 1 unspecified atom stereocenters. The lowest BCUT2D eigenvalue weighted by atomic mass is 10.1. The van der Waals surface area contributed by atoms with Crippen molar-refractivity contribution >= 4 is 17.5 Å². The molecule has 0 saturated carbocycles. The molecular formula is C12H14N6O. The summed E-state index contributed by atoms with van der Waals surface area (Å²) >= 11 is 0. The Hall–Kier alpha value is -2.49. The van der Waals surface area contributed by atoms with Gasteiger partial charge in [0.1, 0.15) is 6.07 Å². The Bertz CT molecular complexity index is 566. The Kier molecular flexibility index (Phi) is 2.63. The molecule has 0 aromatic carbocycles. The number of rotatable bonds is 1. The van der Waals surface area contributed by atoms with Crippen molar-refractivity contribution in [2.24, 2.45) is 0 Å². The number of carbonyl (C=O) groups is 1. The highest BCUT2D eigenvalue weighted by Gasteiger charge is 2.36. The van der Waals surface area contributed by atoms with E-state index in [-0.39, 0.29) is 12.1 Å². The van der Waals surface area contributed by atoms with Gasteiger partial charge in [0.25, 0.3) is 0 Å². The Balaban J connectivity index is 1.85. The lowest BCUT2D eigenvalue weighted by molar-refractivity contribution is 0.197. The first-order valence-electron chi connectivity index (χ1n) is 6.14. The van der Waals surface area contributed by atoms with Crippen LogP contribution >= 0.6 is 0 Å². The maximum Gasteiger partial charge on any atom is 0.317 e. The number of fused-ring (bicyclic) bond motifs is 1. The van der Waals surface area contributed by atoms with Crippen LogP contribution in [-0.4, -0.2) is 48.1 Å². The van der Waals surface area contributed by atoms with Crippen LogP contribution in [0.2, 0.25) is 0 Å². The van der Waals surface area contributed by atoms with E-state index in [1.165, 1.54) is 0 Å². The fourth-order valence-corrected chi connectivity index (χ4v) is 2.61. The molecule has 7 nitrogen and oxygen atoms in total. The topological polar surface area (TPSA) is 98.3 Å². The number of aromatic nitrogens is 1. The zero-order valence-corrected chi connectivity index (χ0v) is 10.3. The largest absolute Gasteiger partial charge is 0.395 e. The van der Waals surface area contributed by atoms with Crippen LogP contribution in [0.3, 0.4) is 0 Å². The number of nitrogens with two attached hydrogens (primary N) is 1. The quantitative estimate of drug-likeness (QED) is 0.723. The summed E-state index contributed by atoms with van der Waals surface area (Å²) in [5, 5.41) is 11.8. The highest BCUT2D eigenvalue weighted by molar-refractivity contribution is 5.78. The standard InChI is InChI=1S/C12H14N6O/c13-5-8-1-2-15-11(10(8)14)17-3-4-18-9(7-17)6-16-12(18)19/h1-2,9H,3-4,6-7,14H2,(H,16,19). The zero-order valence-electron chi connectivity index (χ0n) is 10.3. The van der Waals surface area contributed by atoms with Crippen LogP contribution in [0.4, 0.5) is 16.3 Å². The number of nitrogens with zero attached hydrogens (tertiary/aromatic N) is 4. The number of pyridine rings is 1. The summed E-state index contributed by atoms with van der Waals surface area (Å²) < 4.78 is 0. The molecular weight excluding hydrogens is 244 g/mol. The molecule has 1 aromatic rings. The fraction of sp³-hybridized carbons (Fsp3) is 0.417. The Labute approximate surface area is 110 Å². The van der Waals surface area contributed by atoms with Gasteiger partial charge in [-0.2, -0.15) is 5.26 Å². The molecule has 1 aromatic heterocycles. The van der Waals surface area contributed by atoms with Gasteiger partial charge in [-0.25, -0.2) is 9.78 Å². The third-order valence-corrected chi connectivity index (χ3v) is 3.62. The minimum atomic E-state index is -0.00337. The molecule has 0 bridgehead atoms. The zero-order chi connectivity index (χ0) is 13.4. The number of hydrogen-bond acceptors (Lipinski definition) is 5. The summed E-state index contributed by atoms with van der Waals surface area (Å²) in [6.45, 7) is 2.66. The molecule has 3 N–H and O–H groups in total. The average Bonchev–Trinajstić information content (AvgIpc) is 2.80. The van der Waals surface area contributed by atoms with Crippen LogP contribution in [-0.2, 0) is 0 Å². The minimum absolute atomic E-state index is 0.00337. The van der Waals surface area contributed by atoms with Crippen LogP contribution in [0.15, 0.2) is 12.3 Å². The van der Waals surface area contributed by atoms with Gasteiger partial charge in [0, 0.05) is 32.4 Å². The van der Waals surface area contributed by atoms with E-state index in [1.807, 2.05) is 9.80 Å². The van der Waals surface area contributed by atoms with Crippen molar-refractivity contribution < 1.29 is 4.79 Å². The summed E-state index contributed by atoms with van der Waals surface area (Å²) in [6.07, 6.45) is 1.59. The molecule has 7 heteroatoms. The highest BCUT2D eigenvalue weighted by atomic mass is 16.2. The first-order valence-corrected chi connectivity index (χ1v) is 6.14. The molecule has 0 radical (unpaired) electrons. The summed E-state index contributed by atoms with van der Waals surface area (Å²) in [4.78, 5) is 19.7. The monoisotopic (exact) mass is 258 g/mol. The molecule has 19 heavy (non-hydrogen) atoms. The van der Waals surface area contributed by atoms with Crippen LogP contribution < -0.4 is 16.0 Å². The second kappa shape index (κ2) is 4.31. The Morgan fingerprint density at radius 3 is 3.16 bits per heavy atom. The first kappa shape index (κ1) is 11.6. The van der Waals surface area contributed by atoms with Crippen molar-refractivity contribution in [1.82, 2.24) is 15.2 Å². The minimum Gasteiger partial charge on any atom is -0.395 e. The maximum atomic E-state index is 11.5. The van der Waals surface area contributed by atoms with Gasteiger partial charge in [-0.05, 0) is 6.07 Å². The third kappa shape index (κ3) is 1.81. The van der Waals surface area contributed by atoms with Crippen molar-refractivity contribution in [3.8, 4) is 6.07 Å². The van der Waals surface area contributed by atoms with Crippen LogP contribution in [0.5, 0.6) is 0 Å². The molecule has 0 aliphatic carbocycles. The predicted molar refractivity (Wildman–Crippen MR) is 69.5 cm³/mol. The molecule has 2 saturated heterocycles. The number of nitrogen functional groups attached to an aromatic ring is 1. The van der Waals surface area contributed by atoms with E-state index >= 15 is 0 Å². The molecule has 2 amide bonds. The van der Waals surface area contributed by atoms with Crippen molar-refractivity contribution in [3.05, 3.63) is 17.8 Å². The highest BCUT2D eigenvalue weighted by Crippen LogP contribution is 2.26. The van der Waals surface area contributed by atoms with E-state index in [0.29, 0.717) is 43.2 Å². The van der Waals surface area contributed by atoms with Crippen molar-refractivity contribution in [3.63, 3.8) is 0 Å². The number of urea groups is 1. The number of amides is 2. The predicted octanol–water partition coefficient (Wildman–Crippen LogP) is -0.251. The SMILES string of the molecule is N#Cc1ccnc(N2CCN3C(=O)NCC3C2)c1N. The van der Waals surface area contributed by atoms with E-state index < -0.39 is 0 Å². The molecule has 98 valence electrons. The molecule has 2 fully saturated rings. The Morgan fingerprint density at radius 1 is 1.53 bits per heavy atom. The van der Waals surface area contributed by atoms with E-state index in [2.05, 4.69) is 16.4 Å². The number of nitrogens with one attached hydrogen (secondary N) is 1. The van der Waals surface area contributed by atoms with Gasteiger partial charge >= 0.3 is 6.03 Å². The van der Waals surface area contributed by atoms with Gasteiger partial charge in [-0.3, -0.25) is 0 Å². The molecule has 3 rings (SSSR count). The normalized spacial score (nSPS) is 21.8. The summed E-state index contributed by atoms with van der Waals surface area (Å²) in [6, 6.07) is 3.81. The van der Waals surface area contributed by atoms with Crippen LogP contribution in [0.25, 0.3) is 0 Å². The van der Waals surface area contributed by atoms with Crippen molar-refractivity contribution in [1.29, 1.82) is 5.26 Å². The fourth-order valence-electron chi connectivity index (χ4n) is 2.61. The van der Waals surface area contributed by atoms with E-state index in [0.717, 1.165) is 0 Å². The third-order valence-electron chi connectivity index (χ3n) is 3.62. The maximum absolute atomic E-state index is 11.5. The number of piperazine rings is 1. The molecule has 2 aliphatic rings. The summed E-state index contributed by atoms with van der Waals surface area (Å²) in [7, 11) is 0. The number of carbonyl (C=O) groups excluding carboxylic acids is 1. The van der Waals surface area contributed by atoms with E-state index in [4.69, 9.17) is 11.0 Å². The summed E-state index contributed by atoms with van der Waals surface area (Å²) in [5.74, 6) is 0.637. The smallest absolute Gasteiger partial charge is 0.317 e. The first-order chi connectivity index (χ1) is 9.20. The number of anilines is 2.